The third-order valence-corrected chi connectivity index (χ3v) is 5.06. The van der Waals surface area contributed by atoms with Crippen LogP contribution in [0.3, 0.4) is 0 Å². The van der Waals surface area contributed by atoms with Crippen LogP contribution in [-0.2, 0) is 9.47 Å². The zero-order valence-electron chi connectivity index (χ0n) is 13.5. The Labute approximate surface area is 127 Å². The van der Waals surface area contributed by atoms with Gasteiger partial charge in [-0.25, -0.2) is 4.79 Å². The fourth-order valence-corrected chi connectivity index (χ4v) is 4.04. The molecule has 21 heavy (non-hydrogen) atoms. The number of nitrogens with zero attached hydrogens (tertiary/aromatic N) is 1. The van der Waals surface area contributed by atoms with E-state index in [1.165, 1.54) is 6.42 Å². The summed E-state index contributed by atoms with van der Waals surface area (Å²) >= 11 is 0. The summed E-state index contributed by atoms with van der Waals surface area (Å²) in [4.78, 5) is 14.5. The van der Waals surface area contributed by atoms with Gasteiger partial charge in [-0.15, -0.1) is 0 Å². The molecule has 1 N–H and O–H groups in total. The first kappa shape index (κ1) is 15.1. The summed E-state index contributed by atoms with van der Waals surface area (Å²) in [6.45, 7) is 8.95. The molecule has 1 aliphatic carbocycles. The van der Waals surface area contributed by atoms with E-state index in [-0.39, 0.29) is 17.7 Å². The molecule has 1 spiro atoms. The summed E-state index contributed by atoms with van der Waals surface area (Å²) in [5.41, 5.74) is -0.502. The normalized spacial score (nSPS) is 36.6. The first-order chi connectivity index (χ1) is 9.90. The van der Waals surface area contributed by atoms with Gasteiger partial charge in [-0.2, -0.15) is 0 Å². The Morgan fingerprint density at radius 3 is 2.86 bits per heavy atom. The van der Waals surface area contributed by atoms with Crippen molar-refractivity contribution in [1.82, 2.24) is 10.2 Å². The van der Waals surface area contributed by atoms with Crippen LogP contribution in [0.5, 0.6) is 0 Å². The van der Waals surface area contributed by atoms with E-state index in [0.29, 0.717) is 6.61 Å². The highest BCUT2D eigenvalue weighted by Gasteiger charge is 2.51. The van der Waals surface area contributed by atoms with Gasteiger partial charge in [0, 0.05) is 13.1 Å². The van der Waals surface area contributed by atoms with Crippen molar-refractivity contribution in [2.45, 2.75) is 63.6 Å². The molecule has 1 saturated carbocycles. The molecule has 2 bridgehead atoms. The smallest absolute Gasteiger partial charge is 0.410 e. The van der Waals surface area contributed by atoms with Crippen LogP contribution in [0.2, 0.25) is 0 Å². The number of nitrogens with one attached hydrogen (secondary N) is 1. The van der Waals surface area contributed by atoms with Crippen LogP contribution >= 0.6 is 0 Å². The highest BCUT2D eigenvalue weighted by atomic mass is 16.6. The minimum Gasteiger partial charge on any atom is -0.444 e. The minimum absolute atomic E-state index is 0.0634. The number of hydrogen-bond acceptors (Lipinski definition) is 4. The summed E-state index contributed by atoms with van der Waals surface area (Å²) in [6.07, 6.45) is 4.36. The molecular formula is C16H28N2O3. The summed E-state index contributed by atoms with van der Waals surface area (Å²) in [6, 6.07) is 0.208. The third kappa shape index (κ3) is 3.04. The Kier molecular flexibility index (Phi) is 3.91. The van der Waals surface area contributed by atoms with E-state index in [2.05, 4.69) is 5.32 Å². The van der Waals surface area contributed by atoms with Crippen LogP contribution in [0, 0.1) is 5.92 Å². The molecule has 3 rings (SSSR count). The molecule has 2 aliphatic heterocycles. The number of amides is 1. The van der Waals surface area contributed by atoms with E-state index in [0.717, 1.165) is 44.9 Å². The Balaban J connectivity index is 1.78. The lowest BCUT2D eigenvalue weighted by Gasteiger charge is -2.55. The van der Waals surface area contributed by atoms with E-state index in [1.807, 2.05) is 25.7 Å². The molecule has 1 amide bonds. The number of piperidine rings is 1. The summed E-state index contributed by atoms with van der Waals surface area (Å²) in [5.74, 6) is 0.753. The van der Waals surface area contributed by atoms with E-state index >= 15 is 0 Å². The fourth-order valence-electron chi connectivity index (χ4n) is 4.04. The molecule has 5 nitrogen and oxygen atoms in total. The van der Waals surface area contributed by atoms with Gasteiger partial charge in [0.1, 0.15) is 5.60 Å². The van der Waals surface area contributed by atoms with E-state index in [1.54, 1.807) is 0 Å². The van der Waals surface area contributed by atoms with Crippen LogP contribution in [0.4, 0.5) is 4.79 Å². The van der Waals surface area contributed by atoms with Gasteiger partial charge < -0.3 is 19.7 Å². The first-order valence-electron chi connectivity index (χ1n) is 8.22. The molecule has 2 saturated heterocycles. The van der Waals surface area contributed by atoms with Crippen molar-refractivity contribution >= 4 is 6.09 Å². The zero-order valence-corrected chi connectivity index (χ0v) is 13.5. The van der Waals surface area contributed by atoms with Gasteiger partial charge >= 0.3 is 6.09 Å². The van der Waals surface area contributed by atoms with Gasteiger partial charge in [-0.1, -0.05) is 0 Å². The maximum atomic E-state index is 12.6. The van der Waals surface area contributed by atoms with Crippen LogP contribution < -0.4 is 5.32 Å². The van der Waals surface area contributed by atoms with Crippen molar-refractivity contribution in [1.29, 1.82) is 0 Å². The molecule has 120 valence electrons. The van der Waals surface area contributed by atoms with Crippen LogP contribution in [0.25, 0.3) is 0 Å². The monoisotopic (exact) mass is 296 g/mol. The summed E-state index contributed by atoms with van der Waals surface area (Å²) in [5, 5.41) is 3.66. The Hall–Kier alpha value is -0.810. The number of likely N-dealkylation sites (tertiary alicyclic amines) is 1. The lowest BCUT2D eigenvalue weighted by atomic mass is 9.69. The van der Waals surface area contributed by atoms with E-state index in [9.17, 15) is 4.79 Å². The lowest BCUT2D eigenvalue weighted by molar-refractivity contribution is -0.0742. The van der Waals surface area contributed by atoms with Crippen LogP contribution in [-0.4, -0.2) is 54.5 Å². The van der Waals surface area contributed by atoms with Crippen molar-refractivity contribution in [3.05, 3.63) is 0 Å². The maximum Gasteiger partial charge on any atom is 0.410 e. The largest absolute Gasteiger partial charge is 0.444 e. The van der Waals surface area contributed by atoms with Gasteiger partial charge in [-0.05, 0) is 52.4 Å². The number of carbonyl (C=O) groups excluding carboxylic acids is 1. The minimum atomic E-state index is -0.438. The van der Waals surface area contributed by atoms with Crippen molar-refractivity contribution in [2.75, 3.05) is 26.3 Å². The zero-order chi connectivity index (χ0) is 15.1. The Morgan fingerprint density at radius 1 is 1.38 bits per heavy atom. The summed E-state index contributed by atoms with van der Waals surface area (Å²) < 4.78 is 11.4. The SMILES string of the molecule is CC(C)(C)OC(=O)N1CCC2CCC3(COCCN3)C1C2. The standard InChI is InChI=1S/C16H28N2O3/c1-15(2,3)21-14(19)18-8-5-12-4-6-16(13(18)10-12)11-20-9-7-17-16/h12-13,17H,4-11H2,1-3H3. The molecule has 0 aromatic rings. The quantitative estimate of drug-likeness (QED) is 0.744. The lowest BCUT2D eigenvalue weighted by Crippen LogP contribution is -2.70. The molecule has 3 atom stereocenters. The third-order valence-electron chi connectivity index (χ3n) is 5.06. The average molecular weight is 296 g/mol. The Morgan fingerprint density at radius 2 is 2.19 bits per heavy atom. The molecule has 3 aliphatic rings. The number of ether oxygens (including phenoxy) is 2. The van der Waals surface area contributed by atoms with Gasteiger partial charge in [0.05, 0.1) is 24.8 Å². The molecule has 0 aromatic carbocycles. The second-order valence-corrected chi connectivity index (χ2v) is 7.75. The van der Waals surface area contributed by atoms with Gasteiger partial charge in [0.15, 0.2) is 0 Å². The number of fused-ring (bicyclic) bond motifs is 3. The van der Waals surface area contributed by atoms with Gasteiger partial charge in [0.25, 0.3) is 0 Å². The van der Waals surface area contributed by atoms with Crippen LogP contribution in [0.15, 0.2) is 0 Å². The molecular weight excluding hydrogens is 268 g/mol. The highest BCUT2D eigenvalue weighted by Crippen LogP contribution is 2.42. The predicted octanol–water partition coefficient (Wildman–Crippen LogP) is 2.15. The van der Waals surface area contributed by atoms with Gasteiger partial charge in [-0.3, -0.25) is 0 Å². The predicted molar refractivity (Wildman–Crippen MR) is 80.2 cm³/mol. The average Bonchev–Trinajstić information content (AvgIpc) is 2.43. The number of hydrogen-bond donors (Lipinski definition) is 1. The maximum absolute atomic E-state index is 12.6. The Bertz CT molecular complexity index is 399. The molecule has 2 heterocycles. The molecule has 3 unspecified atom stereocenters. The molecule has 0 aromatic heterocycles. The van der Waals surface area contributed by atoms with Crippen LogP contribution in [0.1, 0.15) is 46.5 Å². The first-order valence-corrected chi connectivity index (χ1v) is 8.22. The van der Waals surface area contributed by atoms with Crippen molar-refractivity contribution < 1.29 is 14.3 Å². The van der Waals surface area contributed by atoms with E-state index in [4.69, 9.17) is 9.47 Å². The van der Waals surface area contributed by atoms with Crippen molar-refractivity contribution in [3.8, 4) is 0 Å². The molecule has 3 fully saturated rings. The second kappa shape index (κ2) is 5.43. The molecule has 0 radical (unpaired) electrons. The van der Waals surface area contributed by atoms with E-state index < -0.39 is 5.60 Å². The van der Waals surface area contributed by atoms with Crippen molar-refractivity contribution in [3.63, 3.8) is 0 Å². The fraction of sp³-hybridized carbons (Fsp3) is 0.938. The van der Waals surface area contributed by atoms with Crippen molar-refractivity contribution in [2.24, 2.45) is 5.92 Å². The topological polar surface area (TPSA) is 50.8 Å². The van der Waals surface area contributed by atoms with Gasteiger partial charge in [0.2, 0.25) is 0 Å². The second-order valence-electron chi connectivity index (χ2n) is 7.75. The number of morpholine rings is 1. The highest BCUT2D eigenvalue weighted by molar-refractivity contribution is 5.69. The number of rotatable bonds is 0. The summed E-state index contributed by atoms with van der Waals surface area (Å²) in [7, 11) is 0. The number of carbonyl (C=O) groups is 1. The molecule has 5 heteroatoms.